The highest BCUT2D eigenvalue weighted by Gasteiger charge is 2.19. The van der Waals surface area contributed by atoms with E-state index in [0.717, 1.165) is 44.5 Å². The van der Waals surface area contributed by atoms with Crippen molar-refractivity contribution >= 4 is 33.5 Å². The third-order valence-electron chi connectivity index (χ3n) is 6.24. The second kappa shape index (κ2) is 9.64. The molecule has 2 aromatic carbocycles. The molecule has 0 aliphatic carbocycles. The minimum absolute atomic E-state index is 0.0261. The molecule has 4 aromatic rings. The summed E-state index contributed by atoms with van der Waals surface area (Å²) in [7, 11) is 0. The molecule has 1 saturated heterocycles. The number of nitrogens with one attached hydrogen (secondary N) is 1. The molecule has 5 rings (SSSR count). The van der Waals surface area contributed by atoms with Gasteiger partial charge >= 0.3 is 5.63 Å². The minimum Gasteiger partial charge on any atom is -0.422 e. The van der Waals surface area contributed by atoms with E-state index < -0.39 is 5.63 Å². The van der Waals surface area contributed by atoms with Crippen LogP contribution in [0.4, 0.5) is 10.1 Å². The Bertz CT molecular complexity index is 1370. The third-order valence-corrected chi connectivity index (χ3v) is 6.24. The number of hydrogen-bond acceptors (Lipinski definition) is 6. The lowest BCUT2D eigenvalue weighted by atomic mass is 10.2. The highest BCUT2D eigenvalue weighted by atomic mass is 19.1. The van der Waals surface area contributed by atoms with Gasteiger partial charge in [0.2, 0.25) is 5.91 Å². The number of anilines is 1. The Balaban J connectivity index is 1.11. The lowest BCUT2D eigenvalue weighted by Crippen LogP contribution is -2.47. The van der Waals surface area contributed by atoms with Gasteiger partial charge in [-0.1, -0.05) is 24.3 Å². The summed E-state index contributed by atoms with van der Waals surface area (Å²) in [5, 5.41) is 8.29. The molecule has 0 saturated carbocycles. The van der Waals surface area contributed by atoms with Crippen molar-refractivity contribution in [3.05, 3.63) is 71.0 Å². The summed E-state index contributed by atoms with van der Waals surface area (Å²) >= 11 is 0. The topological polar surface area (TPSA) is 83.6 Å². The van der Waals surface area contributed by atoms with Crippen molar-refractivity contribution in [2.45, 2.75) is 13.0 Å². The molecule has 1 amide bonds. The van der Waals surface area contributed by atoms with Crippen LogP contribution in [-0.2, 0) is 11.3 Å². The van der Waals surface area contributed by atoms with Crippen molar-refractivity contribution in [2.75, 3.05) is 44.2 Å². The Kier molecular flexibility index (Phi) is 6.27. The average Bonchev–Trinajstić information content (AvgIpc) is 3.27. The molecule has 1 N–H and O–H groups in total. The maximum absolute atomic E-state index is 14.0. The van der Waals surface area contributed by atoms with Gasteiger partial charge in [-0.3, -0.25) is 14.4 Å². The van der Waals surface area contributed by atoms with Gasteiger partial charge in [-0.15, -0.1) is 0 Å². The van der Waals surface area contributed by atoms with E-state index in [1.807, 2.05) is 24.3 Å². The fourth-order valence-corrected chi connectivity index (χ4v) is 4.49. The van der Waals surface area contributed by atoms with Gasteiger partial charge in [0, 0.05) is 38.1 Å². The number of hydrogen-bond donors (Lipinski definition) is 1. The number of piperazine rings is 1. The van der Waals surface area contributed by atoms with Crippen LogP contribution in [0.25, 0.3) is 21.9 Å². The van der Waals surface area contributed by atoms with Gasteiger partial charge in [0.15, 0.2) is 0 Å². The number of rotatable bonds is 7. The number of amides is 1. The smallest absolute Gasteiger partial charge is 0.347 e. The van der Waals surface area contributed by atoms with Gasteiger partial charge in [-0.25, -0.2) is 9.18 Å². The van der Waals surface area contributed by atoms with Crippen LogP contribution < -0.4 is 15.8 Å². The van der Waals surface area contributed by atoms with Crippen molar-refractivity contribution in [3.63, 3.8) is 0 Å². The standard InChI is InChI=1S/C25H26FN5O3/c26-20-7-2-3-8-21(20)30-14-12-29(13-15-30)11-5-10-27-23(32)17-31-24-18-6-1-4-9-22(18)34-25(33)19(24)16-28-31/h1-4,6-9,16H,5,10-15,17H2,(H,27,32). The number of para-hydroxylation sites is 2. The van der Waals surface area contributed by atoms with Crippen LogP contribution >= 0.6 is 0 Å². The highest BCUT2D eigenvalue weighted by Crippen LogP contribution is 2.22. The van der Waals surface area contributed by atoms with Gasteiger partial charge in [-0.05, 0) is 37.2 Å². The van der Waals surface area contributed by atoms with E-state index in [0.29, 0.717) is 28.7 Å². The summed E-state index contributed by atoms with van der Waals surface area (Å²) in [6.45, 7) is 4.71. The minimum atomic E-state index is -0.463. The van der Waals surface area contributed by atoms with E-state index in [1.54, 1.807) is 22.9 Å². The first kappa shape index (κ1) is 22.1. The molecule has 2 aromatic heterocycles. The zero-order valence-corrected chi connectivity index (χ0v) is 18.7. The van der Waals surface area contributed by atoms with Crippen molar-refractivity contribution < 1.29 is 13.6 Å². The Morgan fingerprint density at radius 2 is 1.79 bits per heavy atom. The fraction of sp³-hybridized carbons (Fsp3) is 0.320. The maximum atomic E-state index is 14.0. The third kappa shape index (κ3) is 4.51. The molecule has 0 radical (unpaired) electrons. The van der Waals surface area contributed by atoms with Gasteiger partial charge in [-0.2, -0.15) is 5.10 Å². The maximum Gasteiger partial charge on any atom is 0.347 e. The molecule has 9 heteroatoms. The van der Waals surface area contributed by atoms with Crippen LogP contribution in [0.2, 0.25) is 0 Å². The SMILES string of the molecule is O=C(Cn1ncc2c(=O)oc3ccccc3c21)NCCCN1CCN(c2ccccc2F)CC1. The first-order valence-electron chi connectivity index (χ1n) is 11.5. The first-order chi connectivity index (χ1) is 16.6. The lowest BCUT2D eigenvalue weighted by Gasteiger charge is -2.36. The first-order valence-corrected chi connectivity index (χ1v) is 11.5. The van der Waals surface area contributed by atoms with E-state index in [1.165, 1.54) is 12.3 Å². The number of halogens is 1. The highest BCUT2D eigenvalue weighted by molar-refractivity contribution is 6.02. The summed E-state index contributed by atoms with van der Waals surface area (Å²) in [6.07, 6.45) is 2.26. The van der Waals surface area contributed by atoms with Crippen LogP contribution in [0.1, 0.15) is 6.42 Å². The van der Waals surface area contributed by atoms with Gasteiger partial charge < -0.3 is 14.6 Å². The fourth-order valence-electron chi connectivity index (χ4n) is 4.49. The molecule has 1 aliphatic heterocycles. The predicted octanol–water partition coefficient (Wildman–Crippen LogP) is 2.61. The number of aromatic nitrogens is 2. The van der Waals surface area contributed by atoms with E-state index in [2.05, 4.69) is 20.2 Å². The molecule has 0 atom stereocenters. The Morgan fingerprint density at radius 1 is 1.03 bits per heavy atom. The molecule has 0 bridgehead atoms. The van der Waals surface area contributed by atoms with Crippen molar-refractivity contribution in [2.24, 2.45) is 0 Å². The summed E-state index contributed by atoms with van der Waals surface area (Å²) in [5.41, 5.74) is 1.27. The van der Waals surface area contributed by atoms with Crippen LogP contribution in [0.3, 0.4) is 0 Å². The largest absolute Gasteiger partial charge is 0.422 e. The summed E-state index contributed by atoms with van der Waals surface area (Å²) < 4.78 is 20.9. The zero-order chi connectivity index (χ0) is 23.5. The van der Waals surface area contributed by atoms with E-state index >= 15 is 0 Å². The zero-order valence-electron chi connectivity index (χ0n) is 18.7. The quantitative estimate of drug-likeness (QED) is 0.335. The number of fused-ring (bicyclic) bond motifs is 3. The second-order valence-corrected chi connectivity index (χ2v) is 8.43. The molecule has 0 unspecified atom stereocenters. The van der Waals surface area contributed by atoms with E-state index in [9.17, 15) is 14.0 Å². The van der Waals surface area contributed by atoms with E-state index in [-0.39, 0.29) is 18.3 Å². The predicted molar refractivity (Wildman–Crippen MR) is 128 cm³/mol. The normalized spacial score (nSPS) is 14.7. The Hall–Kier alpha value is -3.72. The van der Waals surface area contributed by atoms with Crippen LogP contribution in [0.5, 0.6) is 0 Å². The summed E-state index contributed by atoms with van der Waals surface area (Å²) in [4.78, 5) is 29.2. The molecule has 176 valence electrons. The monoisotopic (exact) mass is 463 g/mol. The van der Waals surface area contributed by atoms with Gasteiger partial charge in [0.1, 0.15) is 23.3 Å². The Morgan fingerprint density at radius 3 is 2.62 bits per heavy atom. The number of carbonyl (C=O) groups excluding carboxylic acids is 1. The number of carbonyl (C=O) groups is 1. The van der Waals surface area contributed by atoms with Gasteiger partial charge in [0.05, 0.1) is 17.4 Å². The van der Waals surface area contributed by atoms with Crippen LogP contribution in [0, 0.1) is 5.82 Å². The number of nitrogens with zero attached hydrogens (tertiary/aromatic N) is 4. The van der Waals surface area contributed by atoms with Crippen LogP contribution in [0.15, 0.2) is 63.9 Å². The van der Waals surface area contributed by atoms with Crippen molar-refractivity contribution in [1.29, 1.82) is 0 Å². The molecule has 1 aliphatic rings. The van der Waals surface area contributed by atoms with E-state index in [4.69, 9.17) is 4.42 Å². The summed E-state index contributed by atoms with van der Waals surface area (Å²) in [5.74, 6) is -0.343. The Labute approximate surface area is 195 Å². The molecular weight excluding hydrogens is 437 g/mol. The molecule has 1 fully saturated rings. The molecule has 34 heavy (non-hydrogen) atoms. The van der Waals surface area contributed by atoms with Crippen molar-refractivity contribution in [1.82, 2.24) is 20.0 Å². The molecular formula is C25H26FN5O3. The molecule has 8 nitrogen and oxygen atoms in total. The molecule has 0 spiro atoms. The second-order valence-electron chi connectivity index (χ2n) is 8.43. The lowest BCUT2D eigenvalue weighted by molar-refractivity contribution is -0.121. The van der Waals surface area contributed by atoms with Gasteiger partial charge in [0.25, 0.3) is 0 Å². The molecule has 3 heterocycles. The summed E-state index contributed by atoms with van der Waals surface area (Å²) in [6, 6.07) is 14.1. The van der Waals surface area contributed by atoms with Crippen LogP contribution in [-0.4, -0.2) is 59.9 Å². The number of benzene rings is 2. The average molecular weight is 464 g/mol. The van der Waals surface area contributed by atoms with Crippen molar-refractivity contribution in [3.8, 4) is 0 Å².